The molecule has 0 aliphatic heterocycles. The average Bonchev–Trinajstić information content (AvgIpc) is 3.14. The standard InChI is InChI=1S/C34H50N6O10S2/c1-5-37(6-2)23-25-39(33(43)35-21-27-51(45,46)29-15-11-9-12-16-29)49-31(41)19-20-32(42)50-40(26-24-38(7-3)8-4)34(44)36-22-28-52(47,48)30-17-13-10-14-18-30/h9-20H,5-8,21-28H2,1-4H3,(H,35,43)(H,36,44)/b20-19-. The smallest absolute Gasteiger partial charge is 0.334 e. The van der Waals surface area contributed by atoms with E-state index in [9.17, 15) is 36.0 Å². The van der Waals surface area contributed by atoms with Crippen molar-refractivity contribution in [2.45, 2.75) is 37.5 Å². The maximum absolute atomic E-state index is 13.0. The molecule has 0 atom stereocenters. The Morgan fingerprint density at radius 3 is 1.19 bits per heavy atom. The summed E-state index contributed by atoms with van der Waals surface area (Å²) in [6.45, 7) is 10.3. The van der Waals surface area contributed by atoms with Crippen LogP contribution in [0.1, 0.15) is 27.7 Å². The first kappa shape index (κ1) is 43.6. The maximum Gasteiger partial charge on any atom is 0.356 e. The fourth-order valence-corrected chi connectivity index (χ4v) is 6.94. The minimum absolute atomic E-state index is 0.0672. The maximum atomic E-state index is 13.0. The molecule has 0 saturated heterocycles. The van der Waals surface area contributed by atoms with Crippen molar-refractivity contribution in [3.8, 4) is 0 Å². The Balaban J connectivity index is 2.06. The van der Waals surface area contributed by atoms with Crippen LogP contribution in [0.5, 0.6) is 0 Å². The number of nitrogens with zero attached hydrogens (tertiary/aromatic N) is 4. The number of urea groups is 2. The Bertz CT molecular complexity index is 1550. The average molecular weight is 767 g/mol. The van der Waals surface area contributed by atoms with Crippen LogP contribution in [0.3, 0.4) is 0 Å². The lowest BCUT2D eigenvalue weighted by Gasteiger charge is -2.25. The van der Waals surface area contributed by atoms with Crippen LogP contribution >= 0.6 is 0 Å². The highest BCUT2D eigenvalue weighted by atomic mass is 32.2. The zero-order chi connectivity index (χ0) is 38.6. The summed E-state index contributed by atoms with van der Waals surface area (Å²) in [5.74, 6) is -3.02. The van der Waals surface area contributed by atoms with Gasteiger partial charge in [0.1, 0.15) is 0 Å². The monoisotopic (exact) mass is 766 g/mol. The van der Waals surface area contributed by atoms with Crippen molar-refractivity contribution in [3.05, 3.63) is 72.8 Å². The number of nitrogens with one attached hydrogen (secondary N) is 2. The molecule has 2 aromatic carbocycles. The lowest BCUT2D eigenvalue weighted by molar-refractivity contribution is -0.173. The van der Waals surface area contributed by atoms with Gasteiger partial charge in [0.2, 0.25) is 0 Å². The van der Waals surface area contributed by atoms with Crippen molar-refractivity contribution >= 4 is 43.7 Å². The van der Waals surface area contributed by atoms with Crippen LogP contribution in [-0.2, 0) is 38.9 Å². The minimum atomic E-state index is -3.68. The molecule has 0 radical (unpaired) electrons. The van der Waals surface area contributed by atoms with E-state index in [1.807, 2.05) is 37.5 Å². The molecule has 0 unspecified atom stereocenters. The summed E-state index contributed by atoms with van der Waals surface area (Å²) >= 11 is 0. The normalized spacial score (nSPS) is 11.7. The third kappa shape index (κ3) is 15.4. The van der Waals surface area contributed by atoms with Gasteiger partial charge in [-0.05, 0) is 50.4 Å². The predicted molar refractivity (Wildman–Crippen MR) is 194 cm³/mol. The molecule has 2 rings (SSSR count). The molecule has 2 N–H and O–H groups in total. The molecule has 2 aromatic rings. The summed E-state index contributed by atoms with van der Waals surface area (Å²) in [4.78, 5) is 65.9. The first-order valence-corrected chi connectivity index (χ1v) is 20.3. The van der Waals surface area contributed by atoms with E-state index < -0.39 is 55.2 Å². The Morgan fingerprint density at radius 2 is 0.885 bits per heavy atom. The van der Waals surface area contributed by atoms with Crippen molar-refractivity contribution < 1.29 is 45.7 Å². The van der Waals surface area contributed by atoms with Crippen molar-refractivity contribution in [3.63, 3.8) is 0 Å². The van der Waals surface area contributed by atoms with Crippen LogP contribution < -0.4 is 10.6 Å². The first-order chi connectivity index (χ1) is 24.8. The van der Waals surface area contributed by atoms with Crippen LogP contribution in [0.25, 0.3) is 0 Å². The van der Waals surface area contributed by atoms with Gasteiger partial charge >= 0.3 is 24.0 Å². The molecule has 0 spiro atoms. The lowest BCUT2D eigenvalue weighted by Crippen LogP contribution is -2.46. The molecule has 0 heterocycles. The van der Waals surface area contributed by atoms with Gasteiger partial charge in [-0.15, -0.1) is 0 Å². The number of rotatable bonds is 20. The van der Waals surface area contributed by atoms with E-state index in [0.717, 1.165) is 10.1 Å². The van der Waals surface area contributed by atoms with Crippen molar-refractivity contribution in [1.29, 1.82) is 0 Å². The van der Waals surface area contributed by atoms with Crippen LogP contribution in [0.4, 0.5) is 9.59 Å². The summed E-state index contributed by atoms with van der Waals surface area (Å²) < 4.78 is 50.4. The number of amides is 4. The molecule has 0 aliphatic carbocycles. The number of hydroxylamine groups is 4. The molecule has 16 nitrogen and oxygen atoms in total. The molecule has 18 heteroatoms. The number of carbonyl (C=O) groups excluding carboxylic acids is 4. The van der Waals surface area contributed by atoms with Crippen LogP contribution in [-0.4, -0.2) is 138 Å². The number of sulfone groups is 2. The van der Waals surface area contributed by atoms with Gasteiger partial charge in [-0.3, -0.25) is 0 Å². The van der Waals surface area contributed by atoms with Gasteiger partial charge < -0.3 is 30.1 Å². The van der Waals surface area contributed by atoms with Crippen LogP contribution in [0, 0.1) is 0 Å². The lowest BCUT2D eigenvalue weighted by atomic mass is 10.4. The number of carbonyl (C=O) groups is 4. The predicted octanol–water partition coefficient (Wildman–Crippen LogP) is 2.11. The van der Waals surface area contributed by atoms with Gasteiger partial charge in [0.25, 0.3) is 0 Å². The largest absolute Gasteiger partial charge is 0.356 e. The third-order valence-electron chi connectivity index (χ3n) is 7.74. The van der Waals surface area contributed by atoms with Crippen molar-refractivity contribution in [1.82, 2.24) is 30.6 Å². The molecule has 4 amide bonds. The summed E-state index contributed by atoms with van der Waals surface area (Å²) in [6.07, 6.45) is 1.43. The molecule has 0 saturated carbocycles. The second-order valence-corrected chi connectivity index (χ2v) is 15.4. The topological polar surface area (TPSA) is 192 Å². The molecular weight excluding hydrogens is 717 g/mol. The van der Waals surface area contributed by atoms with Crippen molar-refractivity contribution in [2.75, 3.05) is 77.0 Å². The summed E-state index contributed by atoms with van der Waals surface area (Å²) in [7, 11) is -7.36. The Morgan fingerprint density at radius 1 is 0.558 bits per heavy atom. The van der Waals surface area contributed by atoms with Gasteiger partial charge in [0.05, 0.1) is 34.4 Å². The van der Waals surface area contributed by atoms with Gasteiger partial charge in [-0.1, -0.05) is 64.1 Å². The molecule has 0 aliphatic rings. The van der Waals surface area contributed by atoms with Gasteiger partial charge in [0, 0.05) is 38.3 Å². The van der Waals surface area contributed by atoms with E-state index in [1.54, 1.807) is 36.4 Å². The zero-order valence-electron chi connectivity index (χ0n) is 30.1. The van der Waals surface area contributed by atoms with E-state index in [4.69, 9.17) is 9.68 Å². The number of hydrogen-bond acceptors (Lipinski definition) is 12. The molecule has 0 bridgehead atoms. The van der Waals surface area contributed by atoms with Gasteiger partial charge in [0.15, 0.2) is 19.7 Å². The summed E-state index contributed by atoms with van der Waals surface area (Å²) in [5.41, 5.74) is 0. The molecule has 288 valence electrons. The minimum Gasteiger partial charge on any atom is -0.334 e. The Kier molecular flexibility index (Phi) is 18.8. The summed E-state index contributed by atoms with van der Waals surface area (Å²) in [6, 6.07) is 13.8. The van der Waals surface area contributed by atoms with Gasteiger partial charge in [-0.2, -0.15) is 10.1 Å². The number of benzene rings is 2. The van der Waals surface area contributed by atoms with E-state index >= 15 is 0 Å². The Labute approximate surface area is 306 Å². The molecule has 0 fully saturated rings. The van der Waals surface area contributed by atoms with Gasteiger partial charge in [-0.25, -0.2) is 36.0 Å². The number of hydrogen-bond donors (Lipinski definition) is 2. The zero-order valence-corrected chi connectivity index (χ0v) is 31.7. The quantitative estimate of drug-likeness (QED) is 0.148. The van der Waals surface area contributed by atoms with E-state index in [2.05, 4.69) is 10.6 Å². The third-order valence-corrected chi connectivity index (χ3v) is 11.2. The second-order valence-electron chi connectivity index (χ2n) is 11.1. The highest BCUT2D eigenvalue weighted by Crippen LogP contribution is 2.11. The summed E-state index contributed by atoms with van der Waals surface area (Å²) in [5, 5.41) is 6.37. The number of likely N-dealkylation sites (N-methyl/N-ethyl adjacent to an activating group) is 2. The van der Waals surface area contributed by atoms with E-state index in [0.29, 0.717) is 51.4 Å². The highest BCUT2D eigenvalue weighted by Gasteiger charge is 2.23. The van der Waals surface area contributed by atoms with E-state index in [-0.39, 0.29) is 36.0 Å². The molecule has 52 heavy (non-hydrogen) atoms. The molecular formula is C34H50N6O10S2. The van der Waals surface area contributed by atoms with Crippen LogP contribution in [0.15, 0.2) is 82.6 Å². The second kappa shape index (κ2) is 22.4. The van der Waals surface area contributed by atoms with Crippen LogP contribution in [0.2, 0.25) is 0 Å². The fraction of sp³-hybridized carbons (Fsp3) is 0.471. The SMILES string of the molecule is CCN(CC)CCN(OC(=O)/C=C\C(=O)ON(CCN(CC)CC)C(=O)NCCS(=O)(=O)c1ccccc1)C(=O)NCCS(=O)(=O)c1ccccc1. The molecule has 0 aromatic heterocycles. The first-order valence-electron chi connectivity index (χ1n) is 17.0. The Hall–Kier alpha value is -4.52. The highest BCUT2D eigenvalue weighted by molar-refractivity contribution is 7.91. The van der Waals surface area contributed by atoms with E-state index in [1.165, 1.54) is 24.3 Å². The van der Waals surface area contributed by atoms with Crippen molar-refractivity contribution in [2.24, 2.45) is 0 Å². The fourth-order valence-electron chi connectivity index (χ4n) is 4.59.